The minimum absolute atomic E-state index is 0.00968. The first-order valence-electron chi connectivity index (χ1n) is 4.63. The zero-order valence-corrected chi connectivity index (χ0v) is 9.77. The molecule has 2 heteroatoms. The molecule has 0 bridgehead atoms. The van der Waals surface area contributed by atoms with Gasteiger partial charge in [-0.2, -0.15) is 0 Å². The fourth-order valence-electron chi connectivity index (χ4n) is 1.27. The Morgan fingerprint density at radius 1 is 1.29 bits per heavy atom. The molecule has 0 saturated carbocycles. The molecule has 0 aromatic heterocycles. The molecule has 1 rings (SSSR count). The Balaban J connectivity index is 3.20. The van der Waals surface area contributed by atoms with Gasteiger partial charge in [-0.1, -0.05) is 38.4 Å². The molecule has 1 nitrogen and oxygen atoms in total. The van der Waals surface area contributed by atoms with Crippen LogP contribution in [0.3, 0.4) is 0 Å². The van der Waals surface area contributed by atoms with E-state index in [1.54, 1.807) is 6.07 Å². The summed E-state index contributed by atoms with van der Waals surface area (Å²) in [6.07, 6.45) is 0. The van der Waals surface area contributed by atoms with Crippen LogP contribution in [0.5, 0.6) is 0 Å². The van der Waals surface area contributed by atoms with Crippen molar-refractivity contribution in [2.24, 2.45) is 0 Å². The number of benzene rings is 1. The van der Waals surface area contributed by atoms with Crippen LogP contribution in [0.2, 0.25) is 5.02 Å². The number of carbonyl (C=O) groups excluding carboxylic acids is 1. The number of halogens is 1. The van der Waals surface area contributed by atoms with Gasteiger partial charge >= 0.3 is 0 Å². The molecule has 0 unspecified atom stereocenters. The standard InChI is InChI=1S/C12H15ClO/c1-8(14)10-6-5-9(7-11(10)13)12(2,3)4/h5-7H,1-4H3. The molecule has 1 aromatic carbocycles. The van der Waals surface area contributed by atoms with E-state index < -0.39 is 0 Å². The fraction of sp³-hybridized carbons (Fsp3) is 0.417. The number of hydrogen-bond donors (Lipinski definition) is 0. The van der Waals surface area contributed by atoms with Gasteiger partial charge in [0.15, 0.2) is 5.78 Å². The molecule has 0 radical (unpaired) electrons. The summed E-state index contributed by atoms with van der Waals surface area (Å²) in [5.41, 5.74) is 1.81. The molecular formula is C12H15ClO. The summed E-state index contributed by atoms with van der Waals surface area (Å²) in [6, 6.07) is 5.63. The lowest BCUT2D eigenvalue weighted by Crippen LogP contribution is -2.11. The molecule has 0 heterocycles. The monoisotopic (exact) mass is 210 g/mol. The second-order valence-corrected chi connectivity index (χ2v) is 4.91. The first-order chi connectivity index (χ1) is 6.32. The van der Waals surface area contributed by atoms with Crippen molar-refractivity contribution in [2.75, 3.05) is 0 Å². The lowest BCUT2D eigenvalue weighted by atomic mass is 9.86. The molecule has 0 saturated heterocycles. The molecule has 0 amide bonds. The lowest BCUT2D eigenvalue weighted by Gasteiger charge is -2.19. The lowest BCUT2D eigenvalue weighted by molar-refractivity contribution is 0.101. The van der Waals surface area contributed by atoms with Crippen LogP contribution in [0.4, 0.5) is 0 Å². The van der Waals surface area contributed by atoms with Gasteiger partial charge in [0, 0.05) is 5.56 Å². The van der Waals surface area contributed by atoms with Gasteiger partial charge in [0.25, 0.3) is 0 Å². The van der Waals surface area contributed by atoms with Crippen molar-refractivity contribution in [1.29, 1.82) is 0 Å². The van der Waals surface area contributed by atoms with Gasteiger partial charge in [-0.05, 0) is 30.0 Å². The molecule has 76 valence electrons. The Kier molecular flexibility index (Phi) is 3.01. The molecule has 0 aliphatic rings. The smallest absolute Gasteiger partial charge is 0.161 e. The fourth-order valence-corrected chi connectivity index (χ4v) is 1.58. The normalized spacial score (nSPS) is 11.5. The van der Waals surface area contributed by atoms with Crippen LogP contribution in [-0.2, 0) is 5.41 Å². The average molecular weight is 211 g/mol. The number of Topliss-reactive ketones (excluding diaryl/α,β-unsaturated/α-hetero) is 1. The second-order valence-electron chi connectivity index (χ2n) is 4.50. The highest BCUT2D eigenvalue weighted by molar-refractivity contribution is 6.33. The van der Waals surface area contributed by atoms with Crippen molar-refractivity contribution in [2.45, 2.75) is 33.1 Å². The Hall–Kier alpha value is -0.820. The van der Waals surface area contributed by atoms with Gasteiger partial charge in [0.05, 0.1) is 5.02 Å². The van der Waals surface area contributed by atoms with Crippen molar-refractivity contribution in [3.8, 4) is 0 Å². The summed E-state index contributed by atoms with van der Waals surface area (Å²) < 4.78 is 0. The quantitative estimate of drug-likeness (QED) is 0.644. The molecule has 14 heavy (non-hydrogen) atoms. The van der Waals surface area contributed by atoms with E-state index >= 15 is 0 Å². The minimum Gasteiger partial charge on any atom is -0.294 e. The highest BCUT2D eigenvalue weighted by Gasteiger charge is 2.15. The maximum atomic E-state index is 11.1. The first kappa shape index (κ1) is 11.3. The topological polar surface area (TPSA) is 17.1 Å². The zero-order chi connectivity index (χ0) is 10.9. The third-order valence-electron chi connectivity index (χ3n) is 2.21. The van der Waals surface area contributed by atoms with Crippen molar-refractivity contribution >= 4 is 17.4 Å². The average Bonchev–Trinajstić information content (AvgIpc) is 2.01. The molecule has 0 spiro atoms. The van der Waals surface area contributed by atoms with Crippen LogP contribution in [0.25, 0.3) is 0 Å². The number of rotatable bonds is 1. The largest absolute Gasteiger partial charge is 0.294 e. The summed E-state index contributed by atoms with van der Waals surface area (Å²) in [6.45, 7) is 7.88. The Bertz CT molecular complexity index is 361. The summed E-state index contributed by atoms with van der Waals surface area (Å²) in [5.74, 6) is 0.00968. The van der Waals surface area contributed by atoms with Crippen molar-refractivity contribution < 1.29 is 4.79 Å². The predicted molar refractivity (Wildman–Crippen MR) is 60.2 cm³/mol. The van der Waals surface area contributed by atoms with Crippen molar-refractivity contribution in [1.82, 2.24) is 0 Å². The van der Waals surface area contributed by atoms with Crippen molar-refractivity contribution in [3.05, 3.63) is 34.3 Å². The first-order valence-corrected chi connectivity index (χ1v) is 5.01. The van der Waals surface area contributed by atoms with Gasteiger partial charge < -0.3 is 0 Å². The Labute approximate surface area is 90.1 Å². The molecule has 1 aromatic rings. The number of carbonyl (C=O) groups is 1. The summed E-state index contributed by atoms with van der Waals surface area (Å²) in [5, 5.41) is 0.546. The van der Waals surface area contributed by atoms with E-state index in [-0.39, 0.29) is 11.2 Å². The van der Waals surface area contributed by atoms with Gasteiger partial charge in [0.2, 0.25) is 0 Å². The highest BCUT2D eigenvalue weighted by Crippen LogP contribution is 2.27. The van der Waals surface area contributed by atoms with E-state index in [0.29, 0.717) is 10.6 Å². The van der Waals surface area contributed by atoms with Gasteiger partial charge in [-0.15, -0.1) is 0 Å². The van der Waals surface area contributed by atoms with E-state index in [1.807, 2.05) is 12.1 Å². The SMILES string of the molecule is CC(=O)c1ccc(C(C)(C)C)cc1Cl. The van der Waals surface area contributed by atoms with E-state index in [1.165, 1.54) is 6.92 Å². The van der Waals surface area contributed by atoms with E-state index in [2.05, 4.69) is 20.8 Å². The Morgan fingerprint density at radius 3 is 2.21 bits per heavy atom. The molecule has 0 fully saturated rings. The number of ketones is 1. The van der Waals surface area contributed by atoms with Crippen molar-refractivity contribution in [3.63, 3.8) is 0 Å². The van der Waals surface area contributed by atoms with Crippen LogP contribution >= 0.6 is 11.6 Å². The third-order valence-corrected chi connectivity index (χ3v) is 2.53. The Morgan fingerprint density at radius 2 is 1.86 bits per heavy atom. The van der Waals surface area contributed by atoms with Crippen LogP contribution in [0, 0.1) is 0 Å². The summed E-state index contributed by atoms with van der Waals surface area (Å²) in [4.78, 5) is 11.1. The van der Waals surface area contributed by atoms with Crippen LogP contribution in [0.1, 0.15) is 43.6 Å². The van der Waals surface area contributed by atoms with Crippen LogP contribution in [0.15, 0.2) is 18.2 Å². The highest BCUT2D eigenvalue weighted by atomic mass is 35.5. The molecule has 0 N–H and O–H groups in total. The van der Waals surface area contributed by atoms with E-state index in [0.717, 1.165) is 5.56 Å². The van der Waals surface area contributed by atoms with Gasteiger partial charge in [-0.25, -0.2) is 0 Å². The molecule has 0 aliphatic heterocycles. The summed E-state index contributed by atoms with van der Waals surface area (Å²) >= 11 is 6.01. The minimum atomic E-state index is 0.00968. The number of hydrogen-bond acceptors (Lipinski definition) is 1. The summed E-state index contributed by atoms with van der Waals surface area (Å²) in [7, 11) is 0. The van der Waals surface area contributed by atoms with Crippen LogP contribution in [-0.4, -0.2) is 5.78 Å². The van der Waals surface area contributed by atoms with Gasteiger partial charge in [-0.3, -0.25) is 4.79 Å². The zero-order valence-electron chi connectivity index (χ0n) is 9.02. The predicted octanol–water partition coefficient (Wildman–Crippen LogP) is 3.84. The third kappa shape index (κ3) is 2.36. The molecular weight excluding hydrogens is 196 g/mol. The van der Waals surface area contributed by atoms with E-state index in [9.17, 15) is 4.79 Å². The molecule has 0 aliphatic carbocycles. The second kappa shape index (κ2) is 3.74. The van der Waals surface area contributed by atoms with Crippen LogP contribution < -0.4 is 0 Å². The van der Waals surface area contributed by atoms with Gasteiger partial charge in [0.1, 0.15) is 0 Å². The molecule has 0 atom stereocenters. The maximum absolute atomic E-state index is 11.1. The van der Waals surface area contributed by atoms with E-state index in [4.69, 9.17) is 11.6 Å². The maximum Gasteiger partial charge on any atom is 0.161 e.